The number of ether oxygens (including phenoxy) is 2. The minimum Gasteiger partial charge on any atom is -0.490 e. The highest BCUT2D eigenvalue weighted by Gasteiger charge is 2.12. The van der Waals surface area contributed by atoms with E-state index in [4.69, 9.17) is 15.2 Å². The molecule has 1 aromatic carbocycles. The average molecular weight is 327 g/mol. The quantitative estimate of drug-likeness (QED) is 0.882. The van der Waals surface area contributed by atoms with Crippen LogP contribution in [0.15, 0.2) is 36.7 Å². The molecule has 1 fully saturated rings. The number of aromatic nitrogens is 2. The molecule has 1 atom stereocenters. The van der Waals surface area contributed by atoms with E-state index in [9.17, 15) is 0 Å². The summed E-state index contributed by atoms with van der Waals surface area (Å²) in [5.74, 6) is 2.11. The van der Waals surface area contributed by atoms with Crippen molar-refractivity contribution >= 4 is 0 Å². The third kappa shape index (κ3) is 4.76. The zero-order valence-electron chi connectivity index (χ0n) is 14.0. The fourth-order valence-electron chi connectivity index (χ4n) is 2.98. The summed E-state index contributed by atoms with van der Waals surface area (Å²) in [5.41, 5.74) is 7.73. The maximum absolute atomic E-state index is 5.80. The molecule has 0 amide bonds. The van der Waals surface area contributed by atoms with E-state index in [1.165, 1.54) is 6.42 Å². The Labute approximate surface area is 143 Å². The summed E-state index contributed by atoms with van der Waals surface area (Å²) in [5, 5.41) is 0. The predicted molar refractivity (Wildman–Crippen MR) is 93.6 cm³/mol. The molecule has 1 aliphatic heterocycles. The number of hydrogen-bond donors (Lipinski definition) is 1. The van der Waals surface area contributed by atoms with Crippen molar-refractivity contribution < 1.29 is 9.47 Å². The van der Waals surface area contributed by atoms with Gasteiger partial charge in [0.25, 0.3) is 0 Å². The molecule has 1 unspecified atom stereocenters. The van der Waals surface area contributed by atoms with Crippen molar-refractivity contribution in [3.05, 3.63) is 42.2 Å². The molecule has 24 heavy (non-hydrogen) atoms. The molecule has 2 heterocycles. The third-order valence-electron chi connectivity index (χ3n) is 4.42. The van der Waals surface area contributed by atoms with Crippen LogP contribution in [0.5, 0.6) is 5.75 Å². The molecule has 1 aromatic heterocycles. The molecule has 128 valence electrons. The molecule has 1 aliphatic rings. The minimum atomic E-state index is 0.515. The van der Waals surface area contributed by atoms with Gasteiger partial charge in [0.15, 0.2) is 11.6 Å². The van der Waals surface area contributed by atoms with Crippen LogP contribution in [-0.4, -0.2) is 29.8 Å². The molecule has 2 aromatic rings. The first-order valence-electron chi connectivity index (χ1n) is 8.67. The van der Waals surface area contributed by atoms with Gasteiger partial charge in [-0.05, 0) is 43.2 Å². The maximum atomic E-state index is 5.80. The summed E-state index contributed by atoms with van der Waals surface area (Å²) < 4.78 is 11.3. The number of hydrogen-bond acceptors (Lipinski definition) is 5. The summed E-state index contributed by atoms with van der Waals surface area (Å²) in [4.78, 5) is 8.82. The van der Waals surface area contributed by atoms with Crippen LogP contribution < -0.4 is 10.5 Å². The Kier molecular flexibility index (Phi) is 6.15. The monoisotopic (exact) mass is 327 g/mol. The minimum absolute atomic E-state index is 0.515. The summed E-state index contributed by atoms with van der Waals surface area (Å²) >= 11 is 0. The van der Waals surface area contributed by atoms with Gasteiger partial charge in [-0.15, -0.1) is 0 Å². The Hall–Kier alpha value is -1.98. The largest absolute Gasteiger partial charge is 0.490 e. The van der Waals surface area contributed by atoms with Crippen molar-refractivity contribution in [1.82, 2.24) is 9.97 Å². The van der Waals surface area contributed by atoms with Gasteiger partial charge in [0, 0.05) is 25.3 Å². The first-order valence-corrected chi connectivity index (χ1v) is 8.67. The van der Waals surface area contributed by atoms with Gasteiger partial charge in [0.05, 0.1) is 19.0 Å². The van der Waals surface area contributed by atoms with E-state index in [-0.39, 0.29) is 0 Å². The fraction of sp³-hybridized carbons (Fsp3) is 0.474. The second-order valence-electron chi connectivity index (χ2n) is 6.19. The molecule has 0 aliphatic carbocycles. The number of benzene rings is 1. The van der Waals surface area contributed by atoms with E-state index in [2.05, 4.69) is 9.97 Å². The summed E-state index contributed by atoms with van der Waals surface area (Å²) in [7, 11) is 0. The molecule has 0 spiro atoms. The van der Waals surface area contributed by atoms with Gasteiger partial charge in [-0.25, -0.2) is 9.97 Å². The highest BCUT2D eigenvalue weighted by atomic mass is 16.5. The summed E-state index contributed by atoms with van der Waals surface area (Å²) in [6.45, 7) is 3.00. The van der Waals surface area contributed by atoms with E-state index >= 15 is 0 Å². The first-order chi connectivity index (χ1) is 11.8. The Balaban J connectivity index is 1.52. The lowest BCUT2D eigenvalue weighted by Crippen LogP contribution is -2.08. The van der Waals surface area contributed by atoms with Crippen LogP contribution in [0.25, 0.3) is 11.4 Å². The average Bonchev–Trinajstić information content (AvgIpc) is 2.91. The van der Waals surface area contributed by atoms with Crippen LogP contribution in [0.1, 0.15) is 31.2 Å². The van der Waals surface area contributed by atoms with Gasteiger partial charge in [0.2, 0.25) is 0 Å². The second kappa shape index (κ2) is 8.76. The van der Waals surface area contributed by atoms with Crippen molar-refractivity contribution in [3.8, 4) is 17.1 Å². The first kappa shape index (κ1) is 16.9. The van der Waals surface area contributed by atoms with E-state index in [0.29, 0.717) is 24.9 Å². The van der Waals surface area contributed by atoms with Crippen LogP contribution in [0.4, 0.5) is 0 Å². The molecule has 0 bridgehead atoms. The van der Waals surface area contributed by atoms with Crippen LogP contribution in [0, 0.1) is 5.92 Å². The van der Waals surface area contributed by atoms with E-state index in [1.54, 1.807) is 12.4 Å². The Bertz CT molecular complexity index is 623. The standard InChI is InChI=1S/C19H25N3O2/c20-12-16-3-1-5-17(11-16)19-21-13-18(14-22-19)24-10-7-15-4-2-8-23-9-6-15/h1,3,5,11,13-15H,2,4,6-10,12,20H2. The lowest BCUT2D eigenvalue weighted by Gasteiger charge is -2.13. The van der Waals surface area contributed by atoms with Crippen LogP contribution >= 0.6 is 0 Å². The van der Waals surface area contributed by atoms with Crippen LogP contribution in [0.3, 0.4) is 0 Å². The summed E-state index contributed by atoms with van der Waals surface area (Å²) in [6.07, 6.45) is 8.07. The molecule has 0 radical (unpaired) electrons. The normalized spacial score (nSPS) is 18.1. The lowest BCUT2D eigenvalue weighted by molar-refractivity contribution is 0.140. The summed E-state index contributed by atoms with van der Waals surface area (Å²) in [6, 6.07) is 7.98. The van der Waals surface area contributed by atoms with Gasteiger partial charge in [-0.2, -0.15) is 0 Å². The van der Waals surface area contributed by atoms with Crippen molar-refractivity contribution in [1.29, 1.82) is 0 Å². The SMILES string of the molecule is NCc1cccc(-c2ncc(OCCC3CCCOCC3)cn2)c1. The molecular weight excluding hydrogens is 302 g/mol. The second-order valence-corrected chi connectivity index (χ2v) is 6.19. The Morgan fingerprint density at radius 2 is 2.04 bits per heavy atom. The molecule has 0 saturated carbocycles. The zero-order valence-corrected chi connectivity index (χ0v) is 14.0. The molecule has 1 saturated heterocycles. The van der Waals surface area contributed by atoms with Crippen molar-refractivity contribution in [2.75, 3.05) is 19.8 Å². The van der Waals surface area contributed by atoms with Crippen molar-refractivity contribution in [2.45, 2.75) is 32.2 Å². The highest BCUT2D eigenvalue weighted by molar-refractivity contribution is 5.56. The smallest absolute Gasteiger partial charge is 0.159 e. The van der Waals surface area contributed by atoms with Crippen LogP contribution in [-0.2, 0) is 11.3 Å². The van der Waals surface area contributed by atoms with Gasteiger partial charge in [-0.3, -0.25) is 0 Å². The highest BCUT2D eigenvalue weighted by Crippen LogP contribution is 2.21. The molecule has 3 rings (SSSR count). The Morgan fingerprint density at radius 3 is 2.88 bits per heavy atom. The molecular formula is C19H25N3O2. The molecule has 5 nitrogen and oxygen atoms in total. The number of rotatable bonds is 6. The zero-order chi connectivity index (χ0) is 16.6. The van der Waals surface area contributed by atoms with Gasteiger partial charge >= 0.3 is 0 Å². The molecule has 5 heteroatoms. The Morgan fingerprint density at radius 1 is 1.17 bits per heavy atom. The van der Waals surface area contributed by atoms with E-state index < -0.39 is 0 Å². The maximum Gasteiger partial charge on any atom is 0.159 e. The fourth-order valence-corrected chi connectivity index (χ4v) is 2.98. The van der Waals surface area contributed by atoms with Gasteiger partial charge in [-0.1, -0.05) is 18.2 Å². The lowest BCUT2D eigenvalue weighted by atomic mass is 9.98. The van der Waals surface area contributed by atoms with E-state index in [0.717, 1.165) is 49.4 Å². The predicted octanol–water partition coefficient (Wildman–Crippen LogP) is 3.19. The topological polar surface area (TPSA) is 70.3 Å². The van der Waals surface area contributed by atoms with Crippen molar-refractivity contribution in [2.24, 2.45) is 11.7 Å². The molecule has 2 N–H and O–H groups in total. The number of nitrogens with two attached hydrogens (primary N) is 1. The van der Waals surface area contributed by atoms with Crippen LogP contribution in [0.2, 0.25) is 0 Å². The van der Waals surface area contributed by atoms with E-state index in [1.807, 2.05) is 24.3 Å². The van der Waals surface area contributed by atoms with Crippen molar-refractivity contribution in [3.63, 3.8) is 0 Å². The van der Waals surface area contributed by atoms with Gasteiger partial charge in [0.1, 0.15) is 0 Å². The number of nitrogens with zero attached hydrogens (tertiary/aromatic N) is 2. The van der Waals surface area contributed by atoms with Gasteiger partial charge < -0.3 is 15.2 Å². The third-order valence-corrected chi connectivity index (χ3v) is 4.42.